The second-order valence-corrected chi connectivity index (χ2v) is 12.5. The molecular formula is C38H42O2. The Morgan fingerprint density at radius 1 is 0.450 bits per heavy atom. The first-order valence-electron chi connectivity index (χ1n) is 14.0. The topological polar surface area (TPSA) is 18.5 Å². The van der Waals surface area contributed by atoms with Crippen LogP contribution >= 0.6 is 0 Å². The Morgan fingerprint density at radius 2 is 0.950 bits per heavy atom. The predicted octanol–water partition coefficient (Wildman–Crippen LogP) is 11.3. The van der Waals surface area contributed by atoms with Gasteiger partial charge in [0, 0.05) is 0 Å². The van der Waals surface area contributed by atoms with E-state index in [-0.39, 0.29) is 10.8 Å². The molecule has 0 bridgehead atoms. The van der Waals surface area contributed by atoms with E-state index in [1.165, 1.54) is 33.0 Å². The van der Waals surface area contributed by atoms with Gasteiger partial charge in [0.25, 0.3) is 0 Å². The maximum Gasteiger partial charge on any atom is 0.128 e. The van der Waals surface area contributed by atoms with Gasteiger partial charge in [0.15, 0.2) is 0 Å². The lowest BCUT2D eigenvalue weighted by molar-refractivity contribution is 0.478. The van der Waals surface area contributed by atoms with E-state index in [1.54, 1.807) is 0 Å². The Balaban J connectivity index is 0.000000189. The van der Waals surface area contributed by atoms with Crippen molar-refractivity contribution >= 4 is 10.8 Å². The fourth-order valence-electron chi connectivity index (χ4n) is 4.48. The van der Waals surface area contributed by atoms with Gasteiger partial charge in [-0.25, -0.2) is 0 Å². The molecular weight excluding hydrogens is 488 g/mol. The van der Waals surface area contributed by atoms with Gasteiger partial charge >= 0.3 is 0 Å². The summed E-state index contributed by atoms with van der Waals surface area (Å²) in [5.41, 5.74) is 5.37. The number of hydrogen-bond acceptors (Lipinski definition) is 2. The first-order valence-corrected chi connectivity index (χ1v) is 14.0. The van der Waals surface area contributed by atoms with Gasteiger partial charge in [-0.05, 0) is 95.1 Å². The zero-order chi connectivity index (χ0) is 28.9. The Morgan fingerprint density at radius 3 is 1.48 bits per heavy atom. The molecule has 40 heavy (non-hydrogen) atoms. The molecule has 2 nitrogen and oxygen atoms in total. The van der Waals surface area contributed by atoms with Crippen LogP contribution < -0.4 is 9.47 Å². The molecule has 5 aromatic carbocycles. The van der Waals surface area contributed by atoms with Crippen molar-refractivity contribution in [3.8, 4) is 23.0 Å². The van der Waals surface area contributed by atoms with Gasteiger partial charge < -0.3 is 9.47 Å². The fraction of sp³-hybridized carbons (Fsp3) is 0.263. The van der Waals surface area contributed by atoms with Crippen LogP contribution in [-0.4, -0.2) is 0 Å². The highest BCUT2D eigenvalue weighted by Crippen LogP contribution is 2.33. The molecule has 0 radical (unpaired) electrons. The minimum absolute atomic E-state index is 0.113. The molecule has 0 unspecified atom stereocenters. The van der Waals surface area contributed by atoms with Gasteiger partial charge in [0.1, 0.15) is 23.0 Å². The quantitative estimate of drug-likeness (QED) is 0.230. The molecule has 0 fully saturated rings. The van der Waals surface area contributed by atoms with E-state index in [2.05, 4.69) is 122 Å². The normalized spacial score (nSPS) is 11.5. The molecule has 206 valence electrons. The van der Waals surface area contributed by atoms with Gasteiger partial charge in [-0.15, -0.1) is 0 Å². The zero-order valence-electron chi connectivity index (χ0n) is 25.2. The zero-order valence-corrected chi connectivity index (χ0v) is 25.2. The molecule has 0 spiro atoms. The molecule has 5 rings (SSSR count). The highest BCUT2D eigenvalue weighted by molar-refractivity contribution is 5.88. The maximum absolute atomic E-state index is 6.01. The summed E-state index contributed by atoms with van der Waals surface area (Å²) < 4.78 is 11.9. The molecule has 0 aliphatic rings. The van der Waals surface area contributed by atoms with Crippen molar-refractivity contribution < 1.29 is 9.47 Å². The molecule has 0 aliphatic carbocycles. The second kappa shape index (κ2) is 12.0. The van der Waals surface area contributed by atoms with E-state index in [0.717, 1.165) is 23.0 Å². The van der Waals surface area contributed by atoms with Crippen molar-refractivity contribution in [2.24, 2.45) is 0 Å². The van der Waals surface area contributed by atoms with Gasteiger partial charge in [0.2, 0.25) is 0 Å². The standard InChI is InChI=1S/C21H22O.C17H20O/c1-15-8-11-17(12-9-15)22-18-13-10-16-6-5-7-20(19(16)14-18)21(2,3)4;1-13-8-10-15(11-9-13)18-16-7-5-6-14(12-16)17(2,3)4/h5-14H,1-4H3;5-12H,1-4H3. The first kappa shape index (κ1) is 29.0. The van der Waals surface area contributed by atoms with E-state index in [4.69, 9.17) is 9.47 Å². The summed E-state index contributed by atoms with van der Waals surface area (Å²) >= 11 is 0. The van der Waals surface area contributed by atoms with Crippen LogP contribution in [0.4, 0.5) is 0 Å². The van der Waals surface area contributed by atoms with Gasteiger partial charge in [-0.1, -0.05) is 113 Å². The van der Waals surface area contributed by atoms with E-state index >= 15 is 0 Å². The van der Waals surface area contributed by atoms with Crippen molar-refractivity contribution in [2.45, 2.75) is 66.2 Å². The Kier molecular flexibility index (Phi) is 8.69. The molecule has 0 amide bonds. The minimum atomic E-state index is 0.113. The Bertz CT molecular complexity index is 1550. The van der Waals surface area contributed by atoms with E-state index < -0.39 is 0 Å². The number of rotatable bonds is 4. The summed E-state index contributed by atoms with van der Waals surface area (Å²) in [4.78, 5) is 0. The average Bonchev–Trinajstić information content (AvgIpc) is 2.90. The molecule has 0 saturated carbocycles. The largest absolute Gasteiger partial charge is 0.457 e. The molecule has 0 saturated heterocycles. The number of fused-ring (bicyclic) bond motifs is 1. The third-order valence-corrected chi connectivity index (χ3v) is 6.88. The number of hydrogen-bond donors (Lipinski definition) is 0. The summed E-state index contributed by atoms with van der Waals surface area (Å²) in [6.45, 7) is 17.5. The summed E-state index contributed by atoms with van der Waals surface area (Å²) in [6, 6.07) is 37.4. The monoisotopic (exact) mass is 530 g/mol. The van der Waals surface area contributed by atoms with E-state index in [0.29, 0.717) is 0 Å². The van der Waals surface area contributed by atoms with Gasteiger partial charge in [-0.2, -0.15) is 0 Å². The second-order valence-electron chi connectivity index (χ2n) is 12.5. The highest BCUT2D eigenvalue weighted by atomic mass is 16.5. The fourth-order valence-corrected chi connectivity index (χ4v) is 4.48. The third kappa shape index (κ3) is 7.76. The van der Waals surface area contributed by atoms with E-state index in [9.17, 15) is 0 Å². The number of benzene rings is 5. The van der Waals surface area contributed by atoms with Gasteiger partial charge in [-0.3, -0.25) is 0 Å². The van der Waals surface area contributed by atoms with Crippen LogP contribution in [-0.2, 0) is 10.8 Å². The summed E-state index contributed by atoms with van der Waals surface area (Å²) in [7, 11) is 0. The van der Waals surface area contributed by atoms with Crippen LogP contribution in [0.15, 0.2) is 109 Å². The average molecular weight is 531 g/mol. The molecule has 0 atom stereocenters. The molecule has 5 aromatic rings. The SMILES string of the molecule is Cc1ccc(Oc2ccc3cccc(C(C)(C)C)c3c2)cc1.Cc1ccc(Oc2cccc(C(C)(C)C)c2)cc1. The highest BCUT2D eigenvalue weighted by Gasteiger charge is 2.17. The van der Waals surface area contributed by atoms with Crippen LogP contribution in [0.5, 0.6) is 23.0 Å². The van der Waals surface area contributed by atoms with Crippen molar-refractivity contribution in [1.82, 2.24) is 0 Å². The van der Waals surface area contributed by atoms with E-state index in [1.807, 2.05) is 42.5 Å². The predicted molar refractivity (Wildman–Crippen MR) is 170 cm³/mol. The van der Waals surface area contributed by atoms with Crippen LogP contribution in [0.25, 0.3) is 10.8 Å². The maximum atomic E-state index is 6.01. The van der Waals surface area contributed by atoms with Gasteiger partial charge in [0.05, 0.1) is 0 Å². The first-order chi connectivity index (χ1) is 18.9. The number of aryl methyl sites for hydroxylation is 2. The van der Waals surface area contributed by atoms with Crippen molar-refractivity contribution in [2.75, 3.05) is 0 Å². The lowest BCUT2D eigenvalue weighted by Crippen LogP contribution is -2.11. The van der Waals surface area contributed by atoms with Crippen LogP contribution in [0.1, 0.15) is 63.8 Å². The molecule has 2 heteroatoms. The smallest absolute Gasteiger partial charge is 0.128 e. The number of ether oxygens (including phenoxy) is 2. The molecule has 0 N–H and O–H groups in total. The molecule has 0 aliphatic heterocycles. The lowest BCUT2D eigenvalue weighted by atomic mass is 9.84. The summed E-state index contributed by atoms with van der Waals surface area (Å²) in [5.74, 6) is 3.53. The minimum Gasteiger partial charge on any atom is -0.457 e. The van der Waals surface area contributed by atoms with Crippen LogP contribution in [0, 0.1) is 13.8 Å². The lowest BCUT2D eigenvalue weighted by Gasteiger charge is -2.21. The Hall–Kier alpha value is -4.04. The summed E-state index contributed by atoms with van der Waals surface area (Å²) in [6.07, 6.45) is 0. The molecule has 0 aromatic heterocycles. The molecule has 0 heterocycles. The van der Waals surface area contributed by atoms with Crippen molar-refractivity contribution in [1.29, 1.82) is 0 Å². The van der Waals surface area contributed by atoms with Crippen LogP contribution in [0.2, 0.25) is 0 Å². The van der Waals surface area contributed by atoms with Crippen LogP contribution in [0.3, 0.4) is 0 Å². The Labute approximate surface area is 240 Å². The summed E-state index contributed by atoms with van der Waals surface area (Å²) in [5, 5.41) is 2.52. The van der Waals surface area contributed by atoms with Crippen molar-refractivity contribution in [3.63, 3.8) is 0 Å². The third-order valence-electron chi connectivity index (χ3n) is 6.88. The van der Waals surface area contributed by atoms with Crippen molar-refractivity contribution in [3.05, 3.63) is 131 Å².